The van der Waals surface area contributed by atoms with Crippen LogP contribution in [0, 0.1) is 5.82 Å². The van der Waals surface area contributed by atoms with Crippen LogP contribution in [0.15, 0.2) is 22.7 Å². The van der Waals surface area contributed by atoms with Gasteiger partial charge in [-0.2, -0.15) is 0 Å². The van der Waals surface area contributed by atoms with E-state index in [1.807, 2.05) is 6.07 Å². The van der Waals surface area contributed by atoms with Crippen LogP contribution in [0.5, 0.6) is 0 Å². The van der Waals surface area contributed by atoms with E-state index in [2.05, 4.69) is 21.2 Å². The number of hydrogen-bond acceptors (Lipinski definition) is 2. The van der Waals surface area contributed by atoms with Gasteiger partial charge < -0.3 is 10.1 Å². The average Bonchev–Trinajstić information content (AvgIpc) is 3.01. The van der Waals surface area contributed by atoms with Gasteiger partial charge in [0.15, 0.2) is 0 Å². The van der Waals surface area contributed by atoms with E-state index in [9.17, 15) is 9.18 Å². The Morgan fingerprint density at radius 3 is 3.00 bits per heavy atom. The first kappa shape index (κ1) is 11.4. The van der Waals surface area contributed by atoms with Crippen molar-refractivity contribution in [3.05, 3.63) is 34.1 Å². The monoisotopic (exact) mass is 287 g/mol. The molecule has 1 aliphatic rings. The molecule has 0 spiro atoms. The van der Waals surface area contributed by atoms with Gasteiger partial charge in [0, 0.05) is 13.0 Å². The first-order chi connectivity index (χ1) is 7.61. The second-order valence-corrected chi connectivity index (χ2v) is 4.56. The molecule has 1 N–H and O–H groups in total. The van der Waals surface area contributed by atoms with Gasteiger partial charge in [-0.05, 0) is 40.0 Å². The molecule has 2 atom stereocenters. The van der Waals surface area contributed by atoms with Crippen molar-refractivity contribution in [2.45, 2.75) is 18.4 Å². The predicted octanol–water partition coefficient (Wildman–Crippen LogP) is 2.80. The van der Waals surface area contributed by atoms with E-state index >= 15 is 0 Å². The number of amides is 1. The van der Waals surface area contributed by atoms with E-state index in [0.717, 1.165) is 12.0 Å². The van der Waals surface area contributed by atoms with Crippen LogP contribution in [0.4, 0.5) is 9.18 Å². The maximum absolute atomic E-state index is 13.3. The lowest BCUT2D eigenvalue weighted by Crippen LogP contribution is -2.20. The summed E-state index contributed by atoms with van der Waals surface area (Å²) in [6, 6.07) is 4.98. The van der Waals surface area contributed by atoms with Crippen LogP contribution in [0.3, 0.4) is 0 Å². The molecule has 0 bridgehead atoms. The van der Waals surface area contributed by atoms with E-state index in [1.165, 1.54) is 13.1 Å². The highest BCUT2D eigenvalue weighted by Crippen LogP contribution is 2.43. The highest BCUT2D eigenvalue weighted by atomic mass is 79.9. The molecular weight excluding hydrogens is 277 g/mol. The quantitative estimate of drug-likeness (QED) is 0.908. The number of rotatable bonds is 2. The number of hydrogen-bond donors (Lipinski definition) is 1. The number of alkyl carbamates (subject to hydrolysis) is 1. The third-order valence-electron chi connectivity index (χ3n) is 2.57. The van der Waals surface area contributed by atoms with Crippen molar-refractivity contribution in [2.75, 3.05) is 7.05 Å². The van der Waals surface area contributed by atoms with Crippen LogP contribution in [-0.2, 0) is 4.74 Å². The minimum Gasteiger partial charge on any atom is -0.446 e. The molecule has 0 aliphatic heterocycles. The van der Waals surface area contributed by atoms with Gasteiger partial charge in [0.1, 0.15) is 11.9 Å². The van der Waals surface area contributed by atoms with Crippen molar-refractivity contribution in [1.29, 1.82) is 0 Å². The lowest BCUT2D eigenvalue weighted by atomic mass is 10.1. The summed E-state index contributed by atoms with van der Waals surface area (Å²) >= 11 is 3.10. The molecule has 5 heteroatoms. The Kier molecular flexibility index (Phi) is 3.14. The van der Waals surface area contributed by atoms with Gasteiger partial charge in [0.25, 0.3) is 0 Å². The molecule has 0 aromatic heterocycles. The fraction of sp³-hybridized carbons (Fsp3) is 0.364. The second kappa shape index (κ2) is 4.41. The largest absolute Gasteiger partial charge is 0.446 e. The van der Waals surface area contributed by atoms with E-state index in [1.54, 1.807) is 6.07 Å². The molecule has 16 heavy (non-hydrogen) atoms. The van der Waals surface area contributed by atoms with Crippen LogP contribution < -0.4 is 5.32 Å². The van der Waals surface area contributed by atoms with Crippen molar-refractivity contribution in [2.24, 2.45) is 0 Å². The Morgan fingerprint density at radius 1 is 1.62 bits per heavy atom. The normalized spacial score (nSPS) is 22.7. The van der Waals surface area contributed by atoms with Gasteiger partial charge in [-0.3, -0.25) is 0 Å². The van der Waals surface area contributed by atoms with Crippen molar-refractivity contribution in [3.63, 3.8) is 0 Å². The topological polar surface area (TPSA) is 38.3 Å². The molecule has 1 amide bonds. The zero-order valence-electron chi connectivity index (χ0n) is 8.67. The SMILES string of the molecule is CNC(=O)OC1CC1c1ccc(Br)c(F)c1. The summed E-state index contributed by atoms with van der Waals surface area (Å²) in [5.74, 6) is -0.164. The number of ether oxygens (including phenoxy) is 1. The lowest BCUT2D eigenvalue weighted by molar-refractivity contribution is 0.139. The lowest BCUT2D eigenvalue weighted by Gasteiger charge is -2.04. The Labute approximate surface area is 101 Å². The average molecular weight is 288 g/mol. The second-order valence-electron chi connectivity index (χ2n) is 3.71. The Morgan fingerprint density at radius 2 is 2.38 bits per heavy atom. The van der Waals surface area contributed by atoms with E-state index < -0.39 is 6.09 Å². The molecule has 1 aromatic carbocycles. The van der Waals surface area contributed by atoms with Gasteiger partial charge in [0.2, 0.25) is 0 Å². The smallest absolute Gasteiger partial charge is 0.407 e. The van der Waals surface area contributed by atoms with Crippen LogP contribution >= 0.6 is 15.9 Å². The standard InChI is InChI=1S/C11H11BrFNO2/c1-14-11(15)16-10-5-7(10)6-2-3-8(12)9(13)4-6/h2-4,7,10H,5H2,1H3,(H,14,15). The maximum Gasteiger partial charge on any atom is 0.407 e. The van der Waals surface area contributed by atoms with Gasteiger partial charge >= 0.3 is 6.09 Å². The van der Waals surface area contributed by atoms with Gasteiger partial charge in [0.05, 0.1) is 4.47 Å². The van der Waals surface area contributed by atoms with E-state index in [0.29, 0.717) is 4.47 Å². The molecule has 0 radical (unpaired) electrons. The summed E-state index contributed by atoms with van der Waals surface area (Å²) < 4.78 is 18.8. The number of carbonyl (C=O) groups is 1. The number of carbonyl (C=O) groups excluding carboxylic acids is 1. The highest BCUT2D eigenvalue weighted by molar-refractivity contribution is 9.10. The van der Waals surface area contributed by atoms with Crippen molar-refractivity contribution in [3.8, 4) is 0 Å². The fourth-order valence-corrected chi connectivity index (χ4v) is 1.84. The molecule has 86 valence electrons. The molecule has 1 fully saturated rings. The molecule has 2 rings (SSSR count). The maximum atomic E-state index is 13.3. The van der Waals surface area contributed by atoms with Crippen molar-refractivity contribution < 1.29 is 13.9 Å². The summed E-state index contributed by atoms with van der Waals surface area (Å²) in [4.78, 5) is 10.9. The Bertz CT molecular complexity index is 424. The van der Waals surface area contributed by atoms with Crippen molar-refractivity contribution in [1.82, 2.24) is 5.32 Å². The van der Waals surface area contributed by atoms with Crippen LogP contribution in [-0.4, -0.2) is 19.2 Å². The van der Waals surface area contributed by atoms with E-state index in [4.69, 9.17) is 4.74 Å². The van der Waals surface area contributed by atoms with Gasteiger partial charge in [-0.1, -0.05) is 6.07 Å². The van der Waals surface area contributed by atoms with Crippen LogP contribution in [0.25, 0.3) is 0 Å². The number of benzene rings is 1. The zero-order chi connectivity index (χ0) is 11.7. The zero-order valence-corrected chi connectivity index (χ0v) is 10.3. The molecular formula is C11H11BrFNO2. The number of nitrogens with one attached hydrogen (secondary N) is 1. The Hall–Kier alpha value is -1.10. The highest BCUT2D eigenvalue weighted by Gasteiger charge is 2.42. The predicted molar refractivity (Wildman–Crippen MR) is 60.8 cm³/mol. The first-order valence-corrected chi connectivity index (χ1v) is 5.74. The molecule has 0 heterocycles. The molecule has 2 unspecified atom stereocenters. The minimum atomic E-state index is -0.440. The number of halogens is 2. The summed E-state index contributed by atoms with van der Waals surface area (Å²) in [7, 11) is 1.51. The third kappa shape index (κ3) is 2.35. The summed E-state index contributed by atoms with van der Waals surface area (Å²) in [6.45, 7) is 0. The first-order valence-electron chi connectivity index (χ1n) is 4.95. The summed E-state index contributed by atoms with van der Waals surface area (Å²) in [5.41, 5.74) is 0.870. The third-order valence-corrected chi connectivity index (χ3v) is 3.21. The van der Waals surface area contributed by atoms with Gasteiger partial charge in [-0.25, -0.2) is 9.18 Å². The molecule has 0 saturated heterocycles. The van der Waals surface area contributed by atoms with Crippen LogP contribution in [0.1, 0.15) is 17.9 Å². The van der Waals surface area contributed by atoms with Crippen LogP contribution in [0.2, 0.25) is 0 Å². The fourth-order valence-electron chi connectivity index (χ4n) is 1.59. The molecule has 3 nitrogen and oxygen atoms in total. The summed E-state index contributed by atoms with van der Waals surface area (Å²) in [6.07, 6.45) is 0.194. The van der Waals surface area contributed by atoms with Gasteiger partial charge in [-0.15, -0.1) is 0 Å². The molecule has 1 aromatic rings. The molecule has 1 saturated carbocycles. The van der Waals surface area contributed by atoms with E-state index in [-0.39, 0.29) is 17.8 Å². The minimum absolute atomic E-state index is 0.125. The van der Waals surface area contributed by atoms with Crippen molar-refractivity contribution >= 4 is 22.0 Å². The summed E-state index contributed by atoms with van der Waals surface area (Å²) in [5, 5.41) is 2.39. The molecule has 1 aliphatic carbocycles. The Balaban J connectivity index is 2.00.